The molecule has 2 aliphatic rings. The first-order valence-corrected chi connectivity index (χ1v) is 12.2. The second kappa shape index (κ2) is 9.66. The maximum Gasteiger partial charge on any atom is 0.264 e. The monoisotopic (exact) mass is 494 g/mol. The van der Waals surface area contributed by atoms with Crippen LogP contribution in [0.4, 0.5) is 5.69 Å². The molecule has 0 unspecified atom stereocenters. The van der Waals surface area contributed by atoms with E-state index in [1.807, 2.05) is 71.1 Å². The maximum absolute atomic E-state index is 12.8. The normalized spacial score (nSPS) is 18.8. The molecule has 9 heteroatoms. The number of morpholine rings is 1. The van der Waals surface area contributed by atoms with E-state index in [9.17, 15) is 9.59 Å². The Bertz CT molecular complexity index is 1340. The zero-order valence-corrected chi connectivity index (χ0v) is 20.2. The van der Waals surface area contributed by atoms with Crippen molar-refractivity contribution in [1.29, 1.82) is 0 Å². The number of nitrogens with one attached hydrogen (secondary N) is 1. The van der Waals surface area contributed by atoms with Crippen LogP contribution in [0.3, 0.4) is 0 Å². The van der Waals surface area contributed by atoms with Gasteiger partial charge in [0.1, 0.15) is 6.54 Å². The third-order valence-corrected chi connectivity index (χ3v) is 7.21. The molecular formula is C25H23ClN4O3S. The number of carbonyl (C=O) groups excluding carboxylic acids is 2. The molecule has 0 bridgehead atoms. The van der Waals surface area contributed by atoms with Crippen molar-refractivity contribution in [3.8, 4) is 0 Å². The molecule has 1 aromatic heterocycles. The summed E-state index contributed by atoms with van der Waals surface area (Å²) < 4.78 is 7.30. The third-order valence-electron chi connectivity index (χ3n) is 5.89. The predicted octanol–water partition coefficient (Wildman–Crippen LogP) is 4.35. The summed E-state index contributed by atoms with van der Waals surface area (Å²) in [4.78, 5) is 32.4. The number of hydrogen-bond donors (Lipinski definition) is 1. The van der Waals surface area contributed by atoms with E-state index in [1.54, 1.807) is 0 Å². The second-order valence-electron chi connectivity index (χ2n) is 8.09. The summed E-state index contributed by atoms with van der Waals surface area (Å²) in [6.07, 6.45) is 3.78. The van der Waals surface area contributed by atoms with Crippen LogP contribution >= 0.6 is 23.4 Å². The minimum absolute atomic E-state index is 0.0579. The maximum atomic E-state index is 12.8. The summed E-state index contributed by atoms with van der Waals surface area (Å²) in [5, 5.41) is 4.95. The van der Waals surface area contributed by atoms with E-state index in [1.165, 1.54) is 11.8 Å². The zero-order valence-electron chi connectivity index (χ0n) is 18.6. The molecule has 0 aliphatic carbocycles. The van der Waals surface area contributed by atoms with E-state index >= 15 is 0 Å². The predicted molar refractivity (Wildman–Crippen MR) is 136 cm³/mol. The van der Waals surface area contributed by atoms with E-state index in [0.717, 1.165) is 27.7 Å². The first-order chi connectivity index (χ1) is 16.5. The summed E-state index contributed by atoms with van der Waals surface area (Å²) in [5.41, 5.74) is 3.40. The molecule has 3 heterocycles. The van der Waals surface area contributed by atoms with E-state index in [4.69, 9.17) is 16.3 Å². The fourth-order valence-electron chi connectivity index (χ4n) is 4.03. The first-order valence-electron chi connectivity index (χ1n) is 11.0. The van der Waals surface area contributed by atoms with E-state index < -0.39 is 0 Å². The van der Waals surface area contributed by atoms with Gasteiger partial charge in [0, 0.05) is 40.8 Å². The number of carbonyl (C=O) groups is 2. The zero-order chi connectivity index (χ0) is 23.7. The minimum Gasteiger partial charge on any atom is -0.378 e. The van der Waals surface area contributed by atoms with Crippen LogP contribution < -0.4 is 5.32 Å². The van der Waals surface area contributed by atoms with Crippen molar-refractivity contribution in [1.82, 2.24) is 14.8 Å². The largest absolute Gasteiger partial charge is 0.378 e. The fourth-order valence-corrected chi connectivity index (χ4v) is 5.02. The number of ether oxygens (including phenoxy) is 1. The summed E-state index contributed by atoms with van der Waals surface area (Å²) in [6.45, 7) is 4.50. The summed E-state index contributed by atoms with van der Waals surface area (Å²) in [7, 11) is 0. The van der Waals surface area contributed by atoms with Crippen molar-refractivity contribution < 1.29 is 14.3 Å². The number of para-hydroxylation sites is 1. The minimum atomic E-state index is -0.204. The molecule has 2 aliphatic heterocycles. The lowest BCUT2D eigenvalue weighted by molar-refractivity contribution is -0.135. The number of aliphatic imine (C=N–C) groups is 1. The molecule has 0 atom stereocenters. The highest BCUT2D eigenvalue weighted by Gasteiger charge is 2.25. The van der Waals surface area contributed by atoms with Crippen LogP contribution in [0.25, 0.3) is 17.0 Å². The summed E-state index contributed by atoms with van der Waals surface area (Å²) in [5.74, 6) is -0.146. The molecule has 174 valence electrons. The molecule has 2 aromatic carbocycles. The van der Waals surface area contributed by atoms with Gasteiger partial charge in [-0.3, -0.25) is 9.59 Å². The number of aromatic nitrogens is 1. The SMILES string of the molecule is Cc1c(Cl)cccc1N=C1NC(=O)/C(=C\c2cn(CC(=O)N3CCOCC3)c3ccccc23)S1. The van der Waals surface area contributed by atoms with Gasteiger partial charge in [0.05, 0.1) is 23.8 Å². The van der Waals surface area contributed by atoms with Crippen molar-refractivity contribution in [3.63, 3.8) is 0 Å². The van der Waals surface area contributed by atoms with E-state index in [2.05, 4.69) is 10.3 Å². The first kappa shape index (κ1) is 22.7. The Kier molecular flexibility index (Phi) is 6.45. The third kappa shape index (κ3) is 4.61. The van der Waals surface area contributed by atoms with Crippen LogP contribution in [-0.4, -0.2) is 52.8 Å². The number of rotatable bonds is 4. The molecular weight excluding hydrogens is 472 g/mol. The lowest BCUT2D eigenvalue weighted by Crippen LogP contribution is -2.42. The summed E-state index contributed by atoms with van der Waals surface area (Å²) in [6, 6.07) is 13.4. The highest BCUT2D eigenvalue weighted by Crippen LogP contribution is 2.32. The molecule has 3 aromatic rings. The molecule has 2 saturated heterocycles. The molecule has 2 amide bonds. The number of amidine groups is 1. The smallest absolute Gasteiger partial charge is 0.264 e. The van der Waals surface area contributed by atoms with E-state index in [-0.39, 0.29) is 18.4 Å². The second-order valence-corrected chi connectivity index (χ2v) is 9.53. The van der Waals surface area contributed by atoms with Crippen LogP contribution in [0.5, 0.6) is 0 Å². The Morgan fingerprint density at radius 1 is 1.21 bits per heavy atom. The standard InChI is InChI=1S/C25H23ClN4O3S/c1-16-19(26)6-4-7-20(16)27-25-28-24(32)22(34-25)13-17-14-30(21-8-3-2-5-18(17)21)15-23(31)29-9-11-33-12-10-29/h2-8,13-14H,9-12,15H2,1H3,(H,27,28,32)/b22-13+. The van der Waals surface area contributed by atoms with Gasteiger partial charge >= 0.3 is 0 Å². The molecule has 0 saturated carbocycles. The van der Waals surface area contributed by atoms with Crippen molar-refractivity contribution in [2.75, 3.05) is 26.3 Å². The van der Waals surface area contributed by atoms with Gasteiger partial charge in [-0.05, 0) is 48.5 Å². The highest BCUT2D eigenvalue weighted by atomic mass is 35.5. The Hall–Kier alpha value is -3.07. The highest BCUT2D eigenvalue weighted by molar-refractivity contribution is 8.18. The van der Waals surface area contributed by atoms with Crippen LogP contribution in [0.2, 0.25) is 5.02 Å². The lowest BCUT2D eigenvalue weighted by Gasteiger charge is -2.27. The van der Waals surface area contributed by atoms with Gasteiger partial charge < -0.3 is 19.5 Å². The number of thioether (sulfide) groups is 1. The number of fused-ring (bicyclic) bond motifs is 1. The Balaban J connectivity index is 1.42. The fraction of sp³-hybridized carbons (Fsp3) is 0.240. The molecule has 0 radical (unpaired) electrons. The Morgan fingerprint density at radius 3 is 2.82 bits per heavy atom. The van der Waals surface area contributed by atoms with Gasteiger partial charge in [0.15, 0.2) is 5.17 Å². The van der Waals surface area contributed by atoms with Gasteiger partial charge in [-0.1, -0.05) is 35.9 Å². The average molecular weight is 495 g/mol. The van der Waals surface area contributed by atoms with Gasteiger partial charge in [-0.25, -0.2) is 4.99 Å². The lowest BCUT2D eigenvalue weighted by atomic mass is 10.1. The van der Waals surface area contributed by atoms with Gasteiger partial charge in [-0.2, -0.15) is 0 Å². The number of nitrogens with zero attached hydrogens (tertiary/aromatic N) is 3. The van der Waals surface area contributed by atoms with Gasteiger partial charge in [-0.15, -0.1) is 0 Å². The number of hydrogen-bond acceptors (Lipinski definition) is 5. The molecule has 1 N–H and O–H groups in total. The van der Waals surface area contributed by atoms with Crippen LogP contribution in [0.15, 0.2) is 58.6 Å². The van der Waals surface area contributed by atoms with Crippen LogP contribution in [0, 0.1) is 6.92 Å². The topological polar surface area (TPSA) is 75.9 Å². The van der Waals surface area contributed by atoms with Crippen molar-refractivity contribution in [3.05, 3.63) is 69.7 Å². The van der Waals surface area contributed by atoms with E-state index in [0.29, 0.717) is 41.4 Å². The number of amides is 2. The van der Waals surface area contributed by atoms with Crippen molar-refractivity contribution >= 4 is 63.0 Å². The van der Waals surface area contributed by atoms with Gasteiger partial charge in [0.25, 0.3) is 5.91 Å². The Labute approximate surface area is 206 Å². The molecule has 5 rings (SSSR count). The molecule has 34 heavy (non-hydrogen) atoms. The Morgan fingerprint density at radius 2 is 2.00 bits per heavy atom. The molecule has 0 spiro atoms. The molecule has 2 fully saturated rings. The van der Waals surface area contributed by atoms with Crippen molar-refractivity contribution in [2.24, 2.45) is 4.99 Å². The van der Waals surface area contributed by atoms with Crippen molar-refractivity contribution in [2.45, 2.75) is 13.5 Å². The quantitative estimate of drug-likeness (QED) is 0.547. The van der Waals surface area contributed by atoms with Gasteiger partial charge in [0.2, 0.25) is 5.91 Å². The summed E-state index contributed by atoms with van der Waals surface area (Å²) >= 11 is 7.48. The number of benzene rings is 2. The average Bonchev–Trinajstić information content (AvgIpc) is 3.37. The number of halogens is 1. The molecule has 7 nitrogen and oxygen atoms in total. The van der Waals surface area contributed by atoms with Crippen LogP contribution in [-0.2, 0) is 20.9 Å². The van der Waals surface area contributed by atoms with Crippen LogP contribution in [0.1, 0.15) is 11.1 Å².